The number of fused-ring (bicyclic) bond motifs is 2. The van der Waals surface area contributed by atoms with Gasteiger partial charge in [-0.05, 0) is 61.7 Å². The summed E-state index contributed by atoms with van der Waals surface area (Å²) in [6.07, 6.45) is 10.8. The predicted octanol–water partition coefficient (Wildman–Crippen LogP) is 7.00. The molecule has 1 saturated heterocycles. The number of hydrogen-bond donors (Lipinski definition) is 0. The molecule has 0 N–H and O–H groups in total. The molecule has 5 rings (SSSR count). The zero-order valence-electron chi connectivity index (χ0n) is 17.4. The van der Waals surface area contributed by atoms with Crippen LogP contribution in [-0.2, 0) is 4.43 Å². The minimum absolute atomic E-state index is 0.0156. The zero-order valence-corrected chi connectivity index (χ0v) is 18.4. The van der Waals surface area contributed by atoms with Crippen LogP contribution in [0.15, 0.2) is 60.7 Å². The van der Waals surface area contributed by atoms with Crippen molar-refractivity contribution in [1.29, 1.82) is 0 Å². The van der Waals surface area contributed by atoms with Gasteiger partial charge in [-0.1, -0.05) is 72.8 Å². The van der Waals surface area contributed by atoms with E-state index < -0.39 is 8.32 Å². The Bertz CT molecular complexity index is 920. The third kappa shape index (κ3) is 2.47. The van der Waals surface area contributed by atoms with E-state index in [4.69, 9.17) is 4.43 Å². The van der Waals surface area contributed by atoms with Crippen LogP contribution in [0, 0.1) is 5.41 Å². The van der Waals surface area contributed by atoms with Gasteiger partial charge >= 0.3 is 0 Å². The van der Waals surface area contributed by atoms with Gasteiger partial charge in [0.1, 0.15) is 0 Å². The third-order valence-electron chi connectivity index (χ3n) is 7.50. The Balaban J connectivity index is 1.72. The molecule has 3 aliphatic rings. The normalized spacial score (nSPS) is 31.6. The van der Waals surface area contributed by atoms with Crippen LogP contribution >= 0.6 is 0 Å². The van der Waals surface area contributed by atoms with Crippen molar-refractivity contribution < 1.29 is 4.43 Å². The van der Waals surface area contributed by atoms with Gasteiger partial charge in [0.15, 0.2) is 8.32 Å². The maximum absolute atomic E-state index is 7.00. The number of benzene rings is 2. The highest BCUT2D eigenvalue weighted by atomic mass is 28.4. The van der Waals surface area contributed by atoms with Crippen LogP contribution in [0.4, 0.5) is 0 Å². The molecule has 1 nitrogen and oxygen atoms in total. The van der Waals surface area contributed by atoms with Gasteiger partial charge in [-0.25, -0.2) is 0 Å². The van der Waals surface area contributed by atoms with Gasteiger partial charge in [0, 0.05) is 17.3 Å². The lowest BCUT2D eigenvalue weighted by molar-refractivity contribution is -0.0786. The molecule has 2 aromatic rings. The van der Waals surface area contributed by atoms with Crippen molar-refractivity contribution in [3.8, 4) is 0 Å². The SMILES string of the molecule is CC1(C)O[Si](C)(C)CCC1(C1C=Cc2ccccc21)C1C=Cc2ccccc21. The fourth-order valence-corrected chi connectivity index (χ4v) is 8.99. The molecule has 2 atom stereocenters. The average molecular weight is 387 g/mol. The van der Waals surface area contributed by atoms with E-state index in [0.717, 1.165) is 0 Å². The second-order valence-electron chi connectivity index (χ2n) is 9.84. The molecule has 2 unspecified atom stereocenters. The maximum atomic E-state index is 7.00. The van der Waals surface area contributed by atoms with Crippen LogP contribution < -0.4 is 0 Å². The lowest BCUT2D eigenvalue weighted by Gasteiger charge is -2.60. The molecule has 2 heteroatoms. The van der Waals surface area contributed by atoms with Crippen LogP contribution in [-0.4, -0.2) is 13.9 Å². The highest BCUT2D eigenvalue weighted by Gasteiger charge is 2.61. The van der Waals surface area contributed by atoms with E-state index in [0.29, 0.717) is 11.8 Å². The van der Waals surface area contributed by atoms with Gasteiger partial charge < -0.3 is 4.43 Å². The molecule has 0 radical (unpaired) electrons. The predicted molar refractivity (Wildman–Crippen MR) is 121 cm³/mol. The molecule has 0 aromatic heterocycles. The molecule has 2 aliphatic carbocycles. The van der Waals surface area contributed by atoms with Crippen LogP contribution in [0.25, 0.3) is 12.2 Å². The first-order valence-electron chi connectivity index (χ1n) is 10.6. The Morgan fingerprint density at radius 3 is 1.82 bits per heavy atom. The van der Waals surface area contributed by atoms with Gasteiger partial charge in [0.2, 0.25) is 0 Å². The fraction of sp³-hybridized carbons (Fsp3) is 0.385. The highest BCUT2D eigenvalue weighted by Crippen LogP contribution is 2.65. The molecule has 0 saturated carbocycles. The summed E-state index contributed by atoms with van der Waals surface area (Å²) in [6.45, 7) is 9.50. The van der Waals surface area contributed by atoms with E-state index in [1.807, 2.05) is 0 Å². The molecule has 1 heterocycles. The van der Waals surface area contributed by atoms with Gasteiger partial charge in [-0.15, -0.1) is 0 Å². The van der Waals surface area contributed by atoms with Crippen molar-refractivity contribution in [2.75, 3.05) is 0 Å². The molecular formula is C26H30OSi. The lowest BCUT2D eigenvalue weighted by Crippen LogP contribution is -2.60. The number of hydrogen-bond acceptors (Lipinski definition) is 1. The summed E-state index contributed by atoms with van der Waals surface area (Å²) >= 11 is 0. The topological polar surface area (TPSA) is 9.23 Å². The summed E-state index contributed by atoms with van der Waals surface area (Å²) in [4.78, 5) is 0. The van der Waals surface area contributed by atoms with Crippen molar-refractivity contribution >= 4 is 20.5 Å². The van der Waals surface area contributed by atoms with Crippen molar-refractivity contribution in [3.05, 3.63) is 82.9 Å². The van der Waals surface area contributed by atoms with Crippen molar-refractivity contribution in [2.45, 2.75) is 56.8 Å². The van der Waals surface area contributed by atoms with E-state index in [2.05, 4.69) is 99.8 Å². The van der Waals surface area contributed by atoms with E-state index in [1.54, 1.807) is 0 Å². The summed E-state index contributed by atoms with van der Waals surface area (Å²) in [6, 6.07) is 19.1. The Kier molecular flexibility index (Phi) is 3.92. The molecule has 144 valence electrons. The molecular weight excluding hydrogens is 356 g/mol. The molecule has 0 spiro atoms. The Labute approximate surface area is 170 Å². The molecule has 1 aliphatic heterocycles. The first-order valence-corrected chi connectivity index (χ1v) is 13.7. The van der Waals surface area contributed by atoms with Crippen LogP contribution in [0.3, 0.4) is 0 Å². The summed E-state index contributed by atoms with van der Waals surface area (Å²) in [5, 5.41) is 0. The van der Waals surface area contributed by atoms with Gasteiger partial charge in [-0.3, -0.25) is 0 Å². The largest absolute Gasteiger partial charge is 0.412 e. The smallest absolute Gasteiger partial charge is 0.187 e. The molecule has 0 amide bonds. The van der Waals surface area contributed by atoms with Crippen molar-refractivity contribution in [1.82, 2.24) is 0 Å². The second-order valence-corrected chi connectivity index (χ2v) is 14.1. The quantitative estimate of drug-likeness (QED) is 0.505. The second kappa shape index (κ2) is 6.05. The minimum Gasteiger partial charge on any atom is -0.412 e. The van der Waals surface area contributed by atoms with E-state index in [1.165, 1.54) is 34.7 Å². The summed E-state index contributed by atoms with van der Waals surface area (Å²) < 4.78 is 7.00. The molecule has 0 bridgehead atoms. The first-order chi connectivity index (χ1) is 13.3. The summed E-state index contributed by atoms with van der Waals surface area (Å²) in [5.74, 6) is 0.759. The minimum atomic E-state index is -1.65. The van der Waals surface area contributed by atoms with Gasteiger partial charge in [0.05, 0.1) is 5.60 Å². The molecule has 1 fully saturated rings. The Morgan fingerprint density at radius 1 is 0.821 bits per heavy atom. The Morgan fingerprint density at radius 2 is 1.32 bits per heavy atom. The standard InChI is InChI=1S/C26H30OSi/c1-25(2)26(17-18-28(3,4)27-25,23-15-13-19-9-5-7-11-21(19)23)24-16-14-20-10-6-8-12-22(20)24/h5-16,23-24H,17-18H2,1-4H3. The van der Waals surface area contributed by atoms with Crippen molar-refractivity contribution in [3.63, 3.8) is 0 Å². The third-order valence-corrected chi connectivity index (χ3v) is 10.0. The highest BCUT2D eigenvalue weighted by molar-refractivity contribution is 6.71. The van der Waals surface area contributed by atoms with E-state index in [-0.39, 0.29) is 11.0 Å². The van der Waals surface area contributed by atoms with Crippen molar-refractivity contribution in [2.24, 2.45) is 5.41 Å². The van der Waals surface area contributed by atoms with Crippen LogP contribution in [0.2, 0.25) is 19.1 Å². The summed E-state index contributed by atoms with van der Waals surface area (Å²) in [5.41, 5.74) is 5.51. The number of rotatable bonds is 2. The Hall–Kier alpha value is -1.90. The average Bonchev–Trinajstić information content (AvgIpc) is 3.26. The lowest BCUT2D eigenvalue weighted by atomic mass is 9.54. The fourth-order valence-electron chi connectivity index (χ4n) is 6.30. The zero-order chi connectivity index (χ0) is 19.6. The first kappa shape index (κ1) is 18.1. The monoisotopic (exact) mass is 386 g/mol. The number of allylic oxidation sites excluding steroid dienone is 2. The molecule has 28 heavy (non-hydrogen) atoms. The van der Waals surface area contributed by atoms with Crippen LogP contribution in [0.1, 0.15) is 54.4 Å². The van der Waals surface area contributed by atoms with E-state index >= 15 is 0 Å². The van der Waals surface area contributed by atoms with Gasteiger partial charge in [0.25, 0.3) is 0 Å². The van der Waals surface area contributed by atoms with E-state index in [9.17, 15) is 0 Å². The van der Waals surface area contributed by atoms with Gasteiger partial charge in [-0.2, -0.15) is 0 Å². The van der Waals surface area contributed by atoms with Crippen LogP contribution in [0.5, 0.6) is 0 Å². The molecule has 2 aromatic carbocycles. The maximum Gasteiger partial charge on any atom is 0.187 e. The summed E-state index contributed by atoms with van der Waals surface area (Å²) in [7, 11) is -1.65.